The number of likely N-dealkylation sites (N-methyl/N-ethyl adjacent to an activating group) is 1. The molecule has 0 aliphatic carbocycles. The molecule has 0 bridgehead atoms. The van der Waals surface area contributed by atoms with Crippen LogP contribution in [0.25, 0.3) is 0 Å². The van der Waals surface area contributed by atoms with E-state index in [2.05, 4.69) is 50.3 Å². The number of nitrogens with zero attached hydrogens (tertiary/aromatic N) is 2. The third-order valence-electron chi connectivity index (χ3n) is 3.06. The maximum atomic E-state index is 5.56. The number of nitrogens with two attached hydrogens (primary N) is 1. The summed E-state index contributed by atoms with van der Waals surface area (Å²) in [5, 5.41) is 0. The van der Waals surface area contributed by atoms with Gasteiger partial charge in [0.05, 0.1) is 0 Å². The van der Waals surface area contributed by atoms with Crippen molar-refractivity contribution in [3.8, 4) is 0 Å². The summed E-state index contributed by atoms with van der Waals surface area (Å²) in [6, 6.07) is 2.83. The second-order valence-corrected chi connectivity index (χ2v) is 4.89. The van der Waals surface area contributed by atoms with Gasteiger partial charge in [-0.15, -0.1) is 0 Å². The first-order valence-electron chi connectivity index (χ1n) is 6.03. The Morgan fingerprint density at radius 2 is 2.00 bits per heavy atom. The molecule has 0 saturated carbocycles. The summed E-state index contributed by atoms with van der Waals surface area (Å²) < 4.78 is 2.39. The zero-order valence-corrected chi connectivity index (χ0v) is 11.2. The molecule has 1 heterocycles. The minimum atomic E-state index is 0.536. The van der Waals surface area contributed by atoms with Crippen molar-refractivity contribution in [1.29, 1.82) is 0 Å². The minimum absolute atomic E-state index is 0.536. The summed E-state index contributed by atoms with van der Waals surface area (Å²) >= 11 is 0. The fraction of sp³-hybridized carbons (Fsp3) is 0.692. The molecular weight excluding hydrogens is 198 g/mol. The highest BCUT2D eigenvalue weighted by Crippen LogP contribution is 2.20. The van der Waals surface area contributed by atoms with Crippen LogP contribution in [0.15, 0.2) is 6.07 Å². The molecule has 0 atom stereocenters. The van der Waals surface area contributed by atoms with Gasteiger partial charge >= 0.3 is 0 Å². The van der Waals surface area contributed by atoms with Crippen molar-refractivity contribution in [2.75, 3.05) is 20.1 Å². The van der Waals surface area contributed by atoms with Crippen molar-refractivity contribution in [3.05, 3.63) is 23.0 Å². The average Bonchev–Trinajstić information content (AvgIpc) is 2.42. The van der Waals surface area contributed by atoms with E-state index in [0.29, 0.717) is 6.04 Å². The summed E-state index contributed by atoms with van der Waals surface area (Å²) in [5.74, 6) is 0. The molecule has 1 aromatic rings. The lowest BCUT2D eigenvalue weighted by molar-refractivity contribution is 0.335. The van der Waals surface area contributed by atoms with Gasteiger partial charge in [0.15, 0.2) is 0 Å². The molecule has 2 N–H and O–H groups in total. The Morgan fingerprint density at radius 3 is 2.44 bits per heavy atom. The van der Waals surface area contributed by atoms with Gasteiger partial charge in [0.1, 0.15) is 0 Å². The van der Waals surface area contributed by atoms with Gasteiger partial charge in [-0.05, 0) is 46.4 Å². The van der Waals surface area contributed by atoms with Crippen LogP contribution in [0.3, 0.4) is 0 Å². The maximum Gasteiger partial charge on any atom is 0.0279 e. The van der Waals surface area contributed by atoms with E-state index in [9.17, 15) is 0 Å². The normalized spacial score (nSPS) is 11.8. The van der Waals surface area contributed by atoms with Gasteiger partial charge in [0.2, 0.25) is 0 Å². The first kappa shape index (κ1) is 13.3. The van der Waals surface area contributed by atoms with E-state index in [1.54, 1.807) is 0 Å². The second-order valence-electron chi connectivity index (χ2n) is 4.89. The molecule has 0 unspecified atom stereocenters. The number of aromatic nitrogens is 1. The highest BCUT2D eigenvalue weighted by Gasteiger charge is 2.12. The fourth-order valence-electron chi connectivity index (χ4n) is 2.39. The van der Waals surface area contributed by atoms with Crippen molar-refractivity contribution in [1.82, 2.24) is 9.47 Å². The van der Waals surface area contributed by atoms with Crippen LogP contribution < -0.4 is 5.73 Å². The van der Waals surface area contributed by atoms with Crippen molar-refractivity contribution < 1.29 is 0 Å². The molecule has 0 aliphatic heterocycles. The first-order chi connectivity index (χ1) is 7.47. The van der Waals surface area contributed by atoms with Gasteiger partial charge < -0.3 is 15.2 Å². The van der Waals surface area contributed by atoms with Crippen molar-refractivity contribution in [2.45, 2.75) is 40.3 Å². The molecule has 1 rings (SSSR count). The lowest BCUT2D eigenvalue weighted by Crippen LogP contribution is -2.25. The molecule has 0 amide bonds. The molecule has 0 radical (unpaired) electrons. The van der Waals surface area contributed by atoms with E-state index in [4.69, 9.17) is 5.73 Å². The summed E-state index contributed by atoms with van der Waals surface area (Å²) in [6.45, 7) is 11.5. The van der Waals surface area contributed by atoms with Crippen molar-refractivity contribution >= 4 is 0 Å². The quantitative estimate of drug-likeness (QED) is 0.829. The van der Waals surface area contributed by atoms with Crippen molar-refractivity contribution in [3.63, 3.8) is 0 Å². The van der Waals surface area contributed by atoms with Crippen LogP contribution in [0.4, 0.5) is 0 Å². The zero-order chi connectivity index (χ0) is 12.3. The molecule has 0 spiro atoms. The molecule has 0 aromatic carbocycles. The number of rotatable bonds is 5. The number of aryl methyl sites for hydroxylation is 1. The highest BCUT2D eigenvalue weighted by molar-refractivity contribution is 5.27. The SMILES string of the molecule is Cc1cc(CN(C)CCN)c(C)n1C(C)C. The first-order valence-corrected chi connectivity index (χ1v) is 6.03. The Kier molecular flexibility index (Phi) is 4.56. The summed E-state index contributed by atoms with van der Waals surface area (Å²) in [4.78, 5) is 2.27. The number of hydrogen-bond donors (Lipinski definition) is 1. The molecule has 3 nitrogen and oxygen atoms in total. The minimum Gasteiger partial charge on any atom is -0.346 e. The molecule has 3 heteroatoms. The summed E-state index contributed by atoms with van der Waals surface area (Å²) in [7, 11) is 2.12. The standard InChI is InChI=1S/C13H25N3/c1-10(2)16-11(3)8-13(12(16)4)9-15(5)7-6-14/h8,10H,6-7,9,14H2,1-5H3. The summed E-state index contributed by atoms with van der Waals surface area (Å²) in [5.41, 5.74) is 9.71. The highest BCUT2D eigenvalue weighted by atomic mass is 15.1. The van der Waals surface area contributed by atoms with Crippen LogP contribution in [0.1, 0.15) is 36.8 Å². The lowest BCUT2D eigenvalue weighted by Gasteiger charge is -2.17. The molecule has 0 saturated heterocycles. The van der Waals surface area contributed by atoms with Crippen LogP contribution in [0, 0.1) is 13.8 Å². The Morgan fingerprint density at radius 1 is 1.38 bits per heavy atom. The lowest BCUT2D eigenvalue weighted by atomic mass is 10.2. The van der Waals surface area contributed by atoms with Gasteiger partial charge in [0, 0.05) is 37.1 Å². The van der Waals surface area contributed by atoms with Crippen LogP contribution in [0.2, 0.25) is 0 Å². The number of hydrogen-bond acceptors (Lipinski definition) is 2. The van der Waals surface area contributed by atoms with Gasteiger partial charge in [-0.25, -0.2) is 0 Å². The Balaban J connectivity index is 2.86. The predicted octanol–water partition coefficient (Wildman–Crippen LogP) is 2.08. The molecular formula is C13H25N3. The van der Waals surface area contributed by atoms with E-state index in [0.717, 1.165) is 19.6 Å². The van der Waals surface area contributed by atoms with Gasteiger partial charge in [-0.3, -0.25) is 0 Å². The summed E-state index contributed by atoms with van der Waals surface area (Å²) in [6.07, 6.45) is 0. The predicted molar refractivity (Wildman–Crippen MR) is 69.7 cm³/mol. The fourth-order valence-corrected chi connectivity index (χ4v) is 2.39. The Bertz CT molecular complexity index is 339. The second kappa shape index (κ2) is 5.51. The average molecular weight is 223 g/mol. The van der Waals surface area contributed by atoms with Crippen LogP contribution in [-0.4, -0.2) is 29.6 Å². The monoisotopic (exact) mass is 223 g/mol. The van der Waals surface area contributed by atoms with Crippen LogP contribution in [-0.2, 0) is 6.54 Å². The van der Waals surface area contributed by atoms with E-state index in [1.165, 1.54) is 17.0 Å². The van der Waals surface area contributed by atoms with E-state index >= 15 is 0 Å². The molecule has 0 aliphatic rings. The van der Waals surface area contributed by atoms with Gasteiger partial charge in [-0.1, -0.05) is 0 Å². The van der Waals surface area contributed by atoms with E-state index < -0.39 is 0 Å². The Hall–Kier alpha value is -0.800. The molecule has 16 heavy (non-hydrogen) atoms. The van der Waals surface area contributed by atoms with Crippen molar-refractivity contribution in [2.24, 2.45) is 5.73 Å². The smallest absolute Gasteiger partial charge is 0.0279 e. The molecule has 92 valence electrons. The third kappa shape index (κ3) is 2.86. The molecule has 1 aromatic heterocycles. The zero-order valence-electron chi connectivity index (χ0n) is 11.2. The Labute approximate surface area is 99.2 Å². The topological polar surface area (TPSA) is 34.2 Å². The van der Waals surface area contributed by atoms with Gasteiger partial charge in [0.25, 0.3) is 0 Å². The van der Waals surface area contributed by atoms with E-state index in [1.807, 2.05) is 0 Å². The largest absolute Gasteiger partial charge is 0.346 e. The van der Waals surface area contributed by atoms with Crippen LogP contribution in [0.5, 0.6) is 0 Å². The van der Waals surface area contributed by atoms with Crippen LogP contribution >= 0.6 is 0 Å². The maximum absolute atomic E-state index is 5.56. The van der Waals surface area contributed by atoms with E-state index in [-0.39, 0.29) is 0 Å². The third-order valence-corrected chi connectivity index (χ3v) is 3.06. The molecule has 0 fully saturated rings. The van der Waals surface area contributed by atoms with Gasteiger partial charge in [-0.2, -0.15) is 0 Å².